The lowest BCUT2D eigenvalue weighted by Gasteiger charge is -2.10. The molecule has 50 heavy (non-hydrogen) atoms. The van der Waals surface area contributed by atoms with E-state index >= 15 is 0 Å². The van der Waals surface area contributed by atoms with Crippen LogP contribution in [0.15, 0.2) is 161 Å². The highest BCUT2D eigenvalue weighted by Gasteiger charge is 2.29. The Bertz CT molecular complexity index is 3110. The van der Waals surface area contributed by atoms with Gasteiger partial charge in [0.15, 0.2) is 5.76 Å². The van der Waals surface area contributed by atoms with Crippen molar-refractivity contribution >= 4 is 88.8 Å². The number of hydrogen-bond donors (Lipinski definition) is 0. The highest BCUT2D eigenvalue weighted by molar-refractivity contribution is 6.28. The summed E-state index contributed by atoms with van der Waals surface area (Å²) >= 11 is 0. The van der Waals surface area contributed by atoms with Crippen LogP contribution in [0.5, 0.6) is 5.75 Å². The lowest BCUT2D eigenvalue weighted by atomic mass is 10.0. The summed E-state index contributed by atoms with van der Waals surface area (Å²) in [7, 11) is 0. The second-order valence-electron chi connectivity index (χ2n) is 13.0. The third kappa shape index (κ3) is 3.61. The Morgan fingerprint density at radius 1 is 0.560 bits per heavy atom. The predicted octanol–water partition coefficient (Wildman–Crippen LogP) is 11.0. The molecule has 5 nitrogen and oxygen atoms in total. The molecule has 7 aromatic carbocycles. The molecule has 0 unspecified atom stereocenters. The van der Waals surface area contributed by atoms with Gasteiger partial charge in [-0.1, -0.05) is 109 Å². The zero-order valence-electron chi connectivity index (χ0n) is 27.0. The number of benzene rings is 7. The summed E-state index contributed by atoms with van der Waals surface area (Å²) in [6.45, 7) is 4.32. The molecule has 0 spiro atoms. The molecule has 1 aliphatic rings. The van der Waals surface area contributed by atoms with Crippen LogP contribution >= 0.6 is 0 Å². The summed E-state index contributed by atoms with van der Waals surface area (Å²) in [5.41, 5.74) is 9.37. The van der Waals surface area contributed by atoms with Gasteiger partial charge in [-0.05, 0) is 48.5 Å². The molecule has 4 heterocycles. The number of rotatable bonds is 4. The maximum atomic E-state index is 6.47. The molecule has 0 aliphatic carbocycles. The first-order valence-electron chi connectivity index (χ1n) is 16.9. The number of aliphatic imine (C=N–C) groups is 2. The highest BCUT2D eigenvalue weighted by atomic mass is 16.5. The van der Waals surface area contributed by atoms with Gasteiger partial charge in [0.25, 0.3) is 0 Å². The summed E-state index contributed by atoms with van der Waals surface area (Å²) in [6, 6.07) is 51.5. The van der Waals surface area contributed by atoms with E-state index < -0.39 is 0 Å². The van der Waals surface area contributed by atoms with Crippen molar-refractivity contribution in [2.75, 3.05) is 0 Å². The van der Waals surface area contributed by atoms with Crippen molar-refractivity contribution in [3.05, 3.63) is 162 Å². The van der Waals surface area contributed by atoms with E-state index in [0.717, 1.165) is 33.6 Å². The fraction of sp³-hybridized carbons (Fsp3) is 0.0222. The van der Waals surface area contributed by atoms with Crippen LogP contribution in [0.1, 0.15) is 11.1 Å². The van der Waals surface area contributed by atoms with Crippen LogP contribution < -0.4 is 4.74 Å². The Hall–Kier alpha value is -6.72. The zero-order chi connectivity index (χ0) is 32.9. The lowest BCUT2D eigenvalue weighted by molar-refractivity contribution is 0.470. The predicted molar refractivity (Wildman–Crippen MR) is 208 cm³/mol. The number of nitrogens with zero attached hydrogens (tertiary/aromatic N) is 4. The minimum absolute atomic E-state index is 0.400. The molecule has 0 saturated heterocycles. The molecule has 0 N–H and O–H groups in total. The average molecular weight is 641 g/mol. The standard InChI is InChI=1S/C45H28N4O/c1-46-41(27-12-3-2-4-13-27)45-42(34-16-7-10-21-40(34)50-45)47-26-48-37-19-8-5-15-30(37)36-24-28-22-23-33-32-18-11-17-31-29-14-6-9-20-38(29)49(43(31)32)44(33)35(28)25-39(36)48/h2-25H,1,26H2/b45-41+,47-42-. The maximum absolute atomic E-state index is 6.47. The first kappa shape index (κ1) is 27.3. The lowest BCUT2D eigenvalue weighted by Crippen LogP contribution is -2.07. The van der Waals surface area contributed by atoms with E-state index in [4.69, 9.17) is 9.73 Å². The van der Waals surface area contributed by atoms with Gasteiger partial charge < -0.3 is 13.7 Å². The molecule has 3 aromatic heterocycles. The Morgan fingerprint density at radius 2 is 1.22 bits per heavy atom. The van der Waals surface area contributed by atoms with Gasteiger partial charge in [-0.15, -0.1) is 0 Å². The van der Waals surface area contributed by atoms with Crippen molar-refractivity contribution in [2.24, 2.45) is 9.98 Å². The quantitative estimate of drug-likeness (QED) is 0.177. The van der Waals surface area contributed by atoms with E-state index in [2.05, 4.69) is 118 Å². The fourth-order valence-electron chi connectivity index (χ4n) is 8.31. The second-order valence-corrected chi connectivity index (χ2v) is 13.0. The van der Waals surface area contributed by atoms with Crippen molar-refractivity contribution in [3.8, 4) is 5.75 Å². The number of ether oxygens (including phenoxy) is 1. The van der Waals surface area contributed by atoms with E-state index in [9.17, 15) is 0 Å². The van der Waals surface area contributed by atoms with Crippen LogP contribution in [0.3, 0.4) is 0 Å². The van der Waals surface area contributed by atoms with E-state index in [-0.39, 0.29) is 0 Å². The van der Waals surface area contributed by atoms with Gasteiger partial charge in [-0.25, -0.2) is 0 Å². The van der Waals surface area contributed by atoms with Gasteiger partial charge in [-0.3, -0.25) is 9.98 Å². The molecule has 5 heteroatoms. The largest absolute Gasteiger partial charge is 0.452 e. The average Bonchev–Trinajstić information content (AvgIpc) is 3.90. The van der Waals surface area contributed by atoms with Gasteiger partial charge in [0.2, 0.25) is 0 Å². The molecule has 1 aliphatic heterocycles. The zero-order valence-corrected chi connectivity index (χ0v) is 27.0. The van der Waals surface area contributed by atoms with Crippen LogP contribution in [-0.4, -0.2) is 21.4 Å². The van der Waals surface area contributed by atoms with Crippen molar-refractivity contribution in [1.82, 2.24) is 8.97 Å². The summed E-state index contributed by atoms with van der Waals surface area (Å²) in [4.78, 5) is 9.79. The van der Waals surface area contributed by atoms with Crippen LogP contribution in [0.25, 0.3) is 76.4 Å². The third-order valence-corrected chi connectivity index (χ3v) is 10.5. The van der Waals surface area contributed by atoms with Crippen LogP contribution in [0, 0.1) is 0 Å². The van der Waals surface area contributed by atoms with Gasteiger partial charge in [0, 0.05) is 48.8 Å². The van der Waals surface area contributed by atoms with Gasteiger partial charge in [-0.2, -0.15) is 0 Å². The molecule has 234 valence electrons. The van der Waals surface area contributed by atoms with Crippen molar-refractivity contribution < 1.29 is 4.74 Å². The van der Waals surface area contributed by atoms with Gasteiger partial charge in [0.1, 0.15) is 23.8 Å². The molecule has 11 rings (SSSR count). The maximum Gasteiger partial charge on any atom is 0.179 e. The molecule has 0 radical (unpaired) electrons. The highest BCUT2D eigenvalue weighted by Crippen LogP contribution is 2.43. The van der Waals surface area contributed by atoms with Crippen LogP contribution in [0.2, 0.25) is 0 Å². The molecule has 0 saturated carbocycles. The second kappa shape index (κ2) is 10.1. The minimum atomic E-state index is 0.400. The number of para-hydroxylation sites is 4. The fourth-order valence-corrected chi connectivity index (χ4v) is 8.31. The number of fused-ring (bicyclic) bond motifs is 12. The number of allylic oxidation sites excluding steroid dienone is 1. The van der Waals surface area contributed by atoms with E-state index in [1.807, 2.05) is 48.5 Å². The Kier molecular flexibility index (Phi) is 5.53. The number of hydrogen-bond acceptors (Lipinski definition) is 3. The van der Waals surface area contributed by atoms with Gasteiger partial charge >= 0.3 is 0 Å². The minimum Gasteiger partial charge on any atom is -0.452 e. The van der Waals surface area contributed by atoms with Gasteiger partial charge in [0.05, 0.1) is 27.6 Å². The normalized spacial score (nSPS) is 15.0. The first-order valence-corrected chi connectivity index (χ1v) is 16.9. The first-order chi connectivity index (χ1) is 24.8. The Balaban J connectivity index is 1.19. The van der Waals surface area contributed by atoms with E-state index in [0.29, 0.717) is 18.1 Å². The van der Waals surface area contributed by atoms with Crippen LogP contribution in [0.4, 0.5) is 0 Å². The molecule has 0 bridgehead atoms. The topological polar surface area (TPSA) is 43.3 Å². The third-order valence-electron chi connectivity index (χ3n) is 10.5. The van der Waals surface area contributed by atoms with E-state index in [1.165, 1.54) is 59.6 Å². The Labute approximate surface area is 286 Å². The summed E-state index contributed by atoms with van der Waals surface area (Å²) in [6.07, 6.45) is 0. The van der Waals surface area contributed by atoms with Crippen LogP contribution in [-0.2, 0) is 6.67 Å². The summed E-state index contributed by atoms with van der Waals surface area (Å²) < 4.78 is 11.3. The summed E-state index contributed by atoms with van der Waals surface area (Å²) in [5.74, 6) is 1.39. The molecular formula is C45H28N4O. The molecule has 0 atom stereocenters. The van der Waals surface area contributed by atoms with Crippen molar-refractivity contribution in [3.63, 3.8) is 0 Å². The molecule has 0 fully saturated rings. The molecular weight excluding hydrogens is 613 g/mol. The summed E-state index contributed by atoms with van der Waals surface area (Å²) in [5, 5.41) is 9.99. The number of aromatic nitrogens is 2. The SMILES string of the molecule is C=N/C(=C1/Oc2ccccc2/C1=N/Cn1c2ccccc2c2cc3ccc4c5cccc6c7ccccc7n(c4c3cc21)c65)c1ccccc1. The molecule has 0 amide bonds. The smallest absolute Gasteiger partial charge is 0.179 e. The van der Waals surface area contributed by atoms with Crippen molar-refractivity contribution in [1.29, 1.82) is 0 Å². The monoisotopic (exact) mass is 640 g/mol. The van der Waals surface area contributed by atoms with Crippen molar-refractivity contribution in [2.45, 2.75) is 6.67 Å². The van der Waals surface area contributed by atoms with E-state index in [1.54, 1.807) is 0 Å². The molecule has 10 aromatic rings. The Morgan fingerprint density at radius 3 is 2.06 bits per heavy atom.